The predicted molar refractivity (Wildman–Crippen MR) is 80.3 cm³/mol. The van der Waals surface area contributed by atoms with Crippen LogP contribution in [0.5, 0.6) is 5.75 Å². The lowest BCUT2D eigenvalue weighted by atomic mass is 10.0. The number of carbonyl (C=O) groups excluding carboxylic acids is 1. The number of halogens is 2. The standard InChI is InChI=1S/C15H12BrClO2/c1-9-3-6-14(19-2)12(7-9)15(18)11-8-10(17)4-5-13(11)16/h3-8H,1-2H3. The molecule has 0 bridgehead atoms. The van der Waals surface area contributed by atoms with Crippen LogP contribution in [0.25, 0.3) is 0 Å². The molecule has 2 rings (SSSR count). The van der Waals surface area contributed by atoms with E-state index in [9.17, 15) is 4.79 Å². The summed E-state index contributed by atoms with van der Waals surface area (Å²) in [4.78, 5) is 12.6. The molecule has 4 heteroatoms. The van der Waals surface area contributed by atoms with Gasteiger partial charge in [0, 0.05) is 15.1 Å². The molecule has 19 heavy (non-hydrogen) atoms. The number of aryl methyl sites for hydroxylation is 1. The van der Waals surface area contributed by atoms with E-state index in [1.807, 2.05) is 19.1 Å². The average Bonchev–Trinajstić information content (AvgIpc) is 2.40. The van der Waals surface area contributed by atoms with Crippen LogP contribution in [0.1, 0.15) is 21.5 Å². The molecule has 0 heterocycles. The van der Waals surface area contributed by atoms with Gasteiger partial charge in [-0.2, -0.15) is 0 Å². The molecule has 0 atom stereocenters. The van der Waals surface area contributed by atoms with Crippen molar-refractivity contribution in [3.63, 3.8) is 0 Å². The molecule has 0 saturated heterocycles. The Balaban J connectivity index is 2.55. The maximum absolute atomic E-state index is 12.6. The number of benzene rings is 2. The van der Waals surface area contributed by atoms with E-state index in [0.29, 0.717) is 26.4 Å². The molecule has 0 aliphatic rings. The Morgan fingerprint density at radius 2 is 1.89 bits per heavy atom. The molecule has 0 N–H and O–H groups in total. The second-order valence-corrected chi connectivity index (χ2v) is 5.45. The zero-order valence-electron chi connectivity index (χ0n) is 10.5. The van der Waals surface area contributed by atoms with Gasteiger partial charge in [-0.3, -0.25) is 4.79 Å². The summed E-state index contributed by atoms with van der Waals surface area (Å²) in [6.07, 6.45) is 0. The van der Waals surface area contributed by atoms with Crippen LogP contribution in [0.2, 0.25) is 5.02 Å². The van der Waals surface area contributed by atoms with Crippen molar-refractivity contribution in [3.05, 3.63) is 62.6 Å². The van der Waals surface area contributed by atoms with E-state index in [4.69, 9.17) is 16.3 Å². The molecule has 0 spiro atoms. The van der Waals surface area contributed by atoms with Gasteiger partial charge in [-0.05, 0) is 37.3 Å². The van der Waals surface area contributed by atoms with Gasteiger partial charge in [0.05, 0.1) is 12.7 Å². The van der Waals surface area contributed by atoms with Crippen LogP contribution >= 0.6 is 27.5 Å². The molecule has 0 amide bonds. The van der Waals surface area contributed by atoms with Crippen molar-refractivity contribution in [1.29, 1.82) is 0 Å². The largest absolute Gasteiger partial charge is 0.496 e. The number of ketones is 1. The van der Waals surface area contributed by atoms with Gasteiger partial charge in [0.1, 0.15) is 5.75 Å². The Hall–Kier alpha value is -1.32. The summed E-state index contributed by atoms with van der Waals surface area (Å²) >= 11 is 9.32. The summed E-state index contributed by atoms with van der Waals surface area (Å²) in [6.45, 7) is 1.93. The first-order valence-electron chi connectivity index (χ1n) is 5.67. The number of rotatable bonds is 3. The van der Waals surface area contributed by atoms with Crippen LogP contribution in [0.4, 0.5) is 0 Å². The van der Waals surface area contributed by atoms with Crippen LogP contribution in [-0.2, 0) is 0 Å². The Morgan fingerprint density at radius 1 is 1.16 bits per heavy atom. The van der Waals surface area contributed by atoms with E-state index in [0.717, 1.165) is 5.56 Å². The van der Waals surface area contributed by atoms with Gasteiger partial charge in [0.25, 0.3) is 0 Å². The van der Waals surface area contributed by atoms with E-state index in [1.165, 1.54) is 0 Å². The molecule has 0 aromatic heterocycles. The van der Waals surface area contributed by atoms with Crippen LogP contribution in [0, 0.1) is 6.92 Å². The SMILES string of the molecule is COc1ccc(C)cc1C(=O)c1cc(Cl)ccc1Br. The number of methoxy groups -OCH3 is 1. The predicted octanol–water partition coefficient (Wildman–Crippen LogP) is 4.65. The summed E-state index contributed by atoms with van der Waals surface area (Å²) in [6, 6.07) is 10.7. The van der Waals surface area contributed by atoms with Crippen molar-refractivity contribution < 1.29 is 9.53 Å². The number of hydrogen-bond acceptors (Lipinski definition) is 2. The third-order valence-electron chi connectivity index (χ3n) is 2.77. The fourth-order valence-electron chi connectivity index (χ4n) is 1.82. The summed E-state index contributed by atoms with van der Waals surface area (Å²) in [5.41, 5.74) is 2.06. The van der Waals surface area contributed by atoms with Crippen molar-refractivity contribution >= 4 is 33.3 Å². The maximum atomic E-state index is 12.6. The Bertz CT molecular complexity index is 638. The first-order valence-corrected chi connectivity index (χ1v) is 6.84. The molecule has 0 saturated carbocycles. The normalized spacial score (nSPS) is 10.3. The first kappa shape index (κ1) is 14.1. The lowest BCUT2D eigenvalue weighted by Gasteiger charge is -2.10. The van der Waals surface area contributed by atoms with Crippen molar-refractivity contribution in [2.24, 2.45) is 0 Å². The molecule has 98 valence electrons. The number of ether oxygens (including phenoxy) is 1. The van der Waals surface area contributed by atoms with E-state index in [1.54, 1.807) is 31.4 Å². The Labute approximate surface area is 125 Å². The minimum atomic E-state index is -0.116. The van der Waals surface area contributed by atoms with Crippen LogP contribution in [-0.4, -0.2) is 12.9 Å². The van der Waals surface area contributed by atoms with Crippen LogP contribution in [0.15, 0.2) is 40.9 Å². The van der Waals surface area contributed by atoms with Gasteiger partial charge < -0.3 is 4.74 Å². The molecular formula is C15H12BrClO2. The summed E-state index contributed by atoms with van der Waals surface area (Å²) in [7, 11) is 1.55. The fraction of sp³-hybridized carbons (Fsp3) is 0.133. The highest BCUT2D eigenvalue weighted by molar-refractivity contribution is 9.10. The number of carbonyl (C=O) groups is 1. The Morgan fingerprint density at radius 3 is 2.58 bits per heavy atom. The van der Waals surface area contributed by atoms with E-state index < -0.39 is 0 Å². The molecule has 0 unspecified atom stereocenters. The minimum absolute atomic E-state index is 0.116. The van der Waals surface area contributed by atoms with Crippen molar-refractivity contribution in [3.8, 4) is 5.75 Å². The lowest BCUT2D eigenvalue weighted by Crippen LogP contribution is -2.05. The highest BCUT2D eigenvalue weighted by atomic mass is 79.9. The van der Waals surface area contributed by atoms with E-state index in [2.05, 4.69) is 15.9 Å². The summed E-state index contributed by atoms with van der Waals surface area (Å²) in [5, 5.41) is 0.526. The first-order chi connectivity index (χ1) is 9.02. The lowest BCUT2D eigenvalue weighted by molar-refractivity contribution is 0.103. The number of hydrogen-bond donors (Lipinski definition) is 0. The smallest absolute Gasteiger partial charge is 0.197 e. The molecule has 0 fully saturated rings. The van der Waals surface area contributed by atoms with Crippen molar-refractivity contribution in [2.45, 2.75) is 6.92 Å². The fourth-order valence-corrected chi connectivity index (χ4v) is 2.41. The monoisotopic (exact) mass is 338 g/mol. The van der Waals surface area contributed by atoms with Gasteiger partial charge in [-0.1, -0.05) is 39.2 Å². The van der Waals surface area contributed by atoms with Crippen LogP contribution in [0.3, 0.4) is 0 Å². The van der Waals surface area contributed by atoms with Gasteiger partial charge in [-0.25, -0.2) is 0 Å². The quantitative estimate of drug-likeness (QED) is 0.761. The third kappa shape index (κ3) is 2.99. The molecule has 0 aliphatic carbocycles. The van der Waals surface area contributed by atoms with Gasteiger partial charge in [-0.15, -0.1) is 0 Å². The molecular weight excluding hydrogens is 328 g/mol. The van der Waals surface area contributed by atoms with Gasteiger partial charge in [0.15, 0.2) is 5.78 Å². The Kier molecular flexibility index (Phi) is 4.27. The van der Waals surface area contributed by atoms with Crippen LogP contribution < -0.4 is 4.74 Å². The summed E-state index contributed by atoms with van der Waals surface area (Å²) in [5.74, 6) is 0.442. The van der Waals surface area contributed by atoms with Gasteiger partial charge in [0.2, 0.25) is 0 Å². The van der Waals surface area contributed by atoms with E-state index >= 15 is 0 Å². The summed E-state index contributed by atoms with van der Waals surface area (Å²) < 4.78 is 5.96. The highest BCUT2D eigenvalue weighted by Crippen LogP contribution is 2.28. The molecule has 2 nitrogen and oxygen atoms in total. The van der Waals surface area contributed by atoms with E-state index in [-0.39, 0.29) is 5.78 Å². The van der Waals surface area contributed by atoms with Crippen molar-refractivity contribution in [1.82, 2.24) is 0 Å². The highest BCUT2D eigenvalue weighted by Gasteiger charge is 2.17. The maximum Gasteiger partial charge on any atom is 0.197 e. The average molecular weight is 340 g/mol. The second kappa shape index (κ2) is 5.76. The van der Waals surface area contributed by atoms with Crippen molar-refractivity contribution in [2.75, 3.05) is 7.11 Å². The second-order valence-electron chi connectivity index (χ2n) is 4.16. The zero-order chi connectivity index (χ0) is 14.0. The minimum Gasteiger partial charge on any atom is -0.496 e. The zero-order valence-corrected chi connectivity index (χ0v) is 12.9. The van der Waals surface area contributed by atoms with Gasteiger partial charge >= 0.3 is 0 Å². The molecule has 0 radical (unpaired) electrons. The molecule has 2 aromatic rings. The topological polar surface area (TPSA) is 26.3 Å². The molecule has 2 aromatic carbocycles. The third-order valence-corrected chi connectivity index (χ3v) is 3.70. The molecule has 0 aliphatic heterocycles.